The Morgan fingerprint density at radius 3 is 2.62 bits per heavy atom. The number of aromatic nitrogens is 2. The van der Waals surface area contributed by atoms with Gasteiger partial charge in [-0.15, -0.1) is 0 Å². The fraction of sp³-hybridized carbons (Fsp3) is 0. The van der Waals surface area contributed by atoms with Gasteiger partial charge in [-0.25, -0.2) is 0 Å². The third-order valence-electron chi connectivity index (χ3n) is 2.90. The molecule has 0 atom stereocenters. The van der Waals surface area contributed by atoms with Crippen molar-refractivity contribution in [3.05, 3.63) is 60.0 Å². The number of aromatic hydroxyl groups is 1. The molecule has 0 spiro atoms. The SMILES string of the molecule is Nc1cccc(/C=C/c2nc(-c3ccc(O)cc3)no2)c1. The van der Waals surface area contributed by atoms with Gasteiger partial charge in [-0.2, -0.15) is 4.98 Å². The molecule has 0 aliphatic rings. The minimum Gasteiger partial charge on any atom is -0.508 e. The molecular weight excluding hydrogens is 266 g/mol. The Labute approximate surface area is 121 Å². The first-order valence-corrected chi connectivity index (χ1v) is 6.37. The second kappa shape index (κ2) is 5.50. The van der Waals surface area contributed by atoms with Crippen molar-refractivity contribution in [1.82, 2.24) is 10.1 Å². The highest BCUT2D eigenvalue weighted by Gasteiger charge is 2.06. The molecule has 2 aromatic carbocycles. The molecule has 1 heterocycles. The number of anilines is 1. The highest BCUT2D eigenvalue weighted by atomic mass is 16.5. The number of hydrogen-bond acceptors (Lipinski definition) is 5. The van der Waals surface area contributed by atoms with Crippen LogP contribution in [0.15, 0.2) is 53.1 Å². The zero-order valence-corrected chi connectivity index (χ0v) is 11.1. The van der Waals surface area contributed by atoms with Crippen LogP contribution in [0, 0.1) is 0 Å². The Hall–Kier alpha value is -3.08. The van der Waals surface area contributed by atoms with Gasteiger partial charge in [0, 0.05) is 17.3 Å². The molecule has 0 radical (unpaired) electrons. The van der Waals surface area contributed by atoms with Crippen LogP contribution < -0.4 is 5.73 Å². The van der Waals surface area contributed by atoms with Crippen molar-refractivity contribution in [1.29, 1.82) is 0 Å². The lowest BCUT2D eigenvalue weighted by Gasteiger charge is -1.94. The summed E-state index contributed by atoms with van der Waals surface area (Å²) in [5.41, 5.74) is 8.15. The quantitative estimate of drug-likeness (QED) is 0.719. The van der Waals surface area contributed by atoms with Crippen molar-refractivity contribution in [2.45, 2.75) is 0 Å². The molecule has 3 rings (SSSR count). The minimum absolute atomic E-state index is 0.198. The number of phenols is 1. The molecule has 3 aromatic rings. The molecule has 3 N–H and O–H groups in total. The summed E-state index contributed by atoms with van der Waals surface area (Å²) in [5, 5.41) is 13.2. The molecule has 0 aliphatic heterocycles. The van der Waals surface area contributed by atoms with Crippen LogP contribution in [0.25, 0.3) is 23.5 Å². The summed E-state index contributed by atoms with van der Waals surface area (Å²) in [6.45, 7) is 0. The zero-order chi connectivity index (χ0) is 14.7. The second-order valence-corrected chi connectivity index (χ2v) is 4.51. The Bertz CT molecular complexity index is 776. The molecule has 0 aliphatic carbocycles. The number of phenolic OH excluding ortho intramolecular Hbond substituents is 1. The van der Waals surface area contributed by atoms with E-state index in [9.17, 15) is 5.11 Å². The Morgan fingerprint density at radius 1 is 1.05 bits per heavy atom. The fourth-order valence-corrected chi connectivity index (χ4v) is 1.86. The second-order valence-electron chi connectivity index (χ2n) is 4.51. The predicted molar refractivity (Wildman–Crippen MR) is 81.2 cm³/mol. The van der Waals surface area contributed by atoms with Crippen LogP contribution in [0.5, 0.6) is 5.75 Å². The smallest absolute Gasteiger partial charge is 0.250 e. The molecule has 5 nitrogen and oxygen atoms in total. The van der Waals surface area contributed by atoms with Crippen molar-refractivity contribution in [3.63, 3.8) is 0 Å². The molecule has 0 saturated heterocycles. The van der Waals surface area contributed by atoms with Gasteiger partial charge >= 0.3 is 0 Å². The Balaban J connectivity index is 1.80. The molecule has 5 heteroatoms. The van der Waals surface area contributed by atoms with Crippen LogP contribution in [-0.2, 0) is 0 Å². The van der Waals surface area contributed by atoms with Crippen molar-refractivity contribution in [3.8, 4) is 17.1 Å². The summed E-state index contributed by atoms with van der Waals surface area (Å²) in [4.78, 5) is 4.27. The van der Waals surface area contributed by atoms with Crippen molar-refractivity contribution >= 4 is 17.8 Å². The lowest BCUT2D eigenvalue weighted by atomic mass is 10.2. The average molecular weight is 279 g/mol. The van der Waals surface area contributed by atoms with Gasteiger partial charge in [-0.1, -0.05) is 17.3 Å². The number of nitrogens with zero attached hydrogens (tertiary/aromatic N) is 2. The van der Waals surface area contributed by atoms with E-state index in [2.05, 4.69) is 10.1 Å². The summed E-state index contributed by atoms with van der Waals surface area (Å²) in [7, 11) is 0. The first-order chi connectivity index (χ1) is 10.2. The van der Waals surface area contributed by atoms with Crippen LogP contribution in [-0.4, -0.2) is 15.2 Å². The van der Waals surface area contributed by atoms with E-state index in [1.165, 1.54) is 0 Å². The summed E-state index contributed by atoms with van der Waals surface area (Å²) in [6, 6.07) is 14.1. The van der Waals surface area contributed by atoms with Gasteiger partial charge < -0.3 is 15.4 Å². The van der Waals surface area contributed by atoms with Gasteiger partial charge in [0.15, 0.2) is 0 Å². The van der Waals surface area contributed by atoms with Crippen molar-refractivity contribution in [2.75, 3.05) is 5.73 Å². The maximum absolute atomic E-state index is 9.26. The zero-order valence-electron chi connectivity index (χ0n) is 11.1. The lowest BCUT2D eigenvalue weighted by molar-refractivity contribution is 0.411. The van der Waals surface area contributed by atoms with E-state index in [0.717, 1.165) is 11.1 Å². The Kier molecular flexibility index (Phi) is 3.39. The van der Waals surface area contributed by atoms with E-state index >= 15 is 0 Å². The van der Waals surface area contributed by atoms with Crippen molar-refractivity contribution < 1.29 is 9.63 Å². The fourth-order valence-electron chi connectivity index (χ4n) is 1.86. The van der Waals surface area contributed by atoms with E-state index in [0.29, 0.717) is 17.4 Å². The maximum Gasteiger partial charge on any atom is 0.250 e. The molecular formula is C16H13N3O2. The Morgan fingerprint density at radius 2 is 1.86 bits per heavy atom. The molecule has 21 heavy (non-hydrogen) atoms. The molecule has 0 unspecified atom stereocenters. The topological polar surface area (TPSA) is 85.2 Å². The van der Waals surface area contributed by atoms with Crippen LogP contribution in [0.1, 0.15) is 11.5 Å². The van der Waals surface area contributed by atoms with Gasteiger partial charge in [-0.3, -0.25) is 0 Å². The van der Waals surface area contributed by atoms with Crippen LogP contribution in [0.2, 0.25) is 0 Å². The van der Waals surface area contributed by atoms with Crippen LogP contribution >= 0.6 is 0 Å². The monoisotopic (exact) mass is 279 g/mol. The van der Waals surface area contributed by atoms with Crippen molar-refractivity contribution in [2.24, 2.45) is 0 Å². The number of hydrogen-bond donors (Lipinski definition) is 2. The summed E-state index contributed by atoms with van der Waals surface area (Å²) < 4.78 is 5.16. The van der Waals surface area contributed by atoms with Gasteiger partial charge in [0.25, 0.3) is 5.89 Å². The van der Waals surface area contributed by atoms with E-state index in [1.54, 1.807) is 30.3 Å². The van der Waals surface area contributed by atoms with Gasteiger partial charge in [0.05, 0.1) is 0 Å². The third-order valence-corrected chi connectivity index (χ3v) is 2.90. The molecule has 0 amide bonds. The van der Waals surface area contributed by atoms with E-state index in [-0.39, 0.29) is 5.75 Å². The normalized spacial score (nSPS) is 11.0. The first-order valence-electron chi connectivity index (χ1n) is 6.37. The van der Waals surface area contributed by atoms with Gasteiger partial charge in [0.1, 0.15) is 5.75 Å². The summed E-state index contributed by atoms with van der Waals surface area (Å²) in [5.74, 6) is 1.08. The molecule has 1 aromatic heterocycles. The van der Waals surface area contributed by atoms with Crippen LogP contribution in [0.3, 0.4) is 0 Å². The number of benzene rings is 2. The highest BCUT2D eigenvalue weighted by Crippen LogP contribution is 2.19. The summed E-state index contributed by atoms with van der Waals surface area (Å²) >= 11 is 0. The largest absolute Gasteiger partial charge is 0.508 e. The van der Waals surface area contributed by atoms with E-state index in [1.807, 2.05) is 30.3 Å². The number of nitrogens with two attached hydrogens (primary N) is 1. The molecule has 104 valence electrons. The molecule has 0 bridgehead atoms. The highest BCUT2D eigenvalue weighted by molar-refractivity contribution is 5.68. The third kappa shape index (κ3) is 3.09. The van der Waals surface area contributed by atoms with E-state index < -0.39 is 0 Å². The molecule has 0 saturated carbocycles. The lowest BCUT2D eigenvalue weighted by Crippen LogP contribution is -1.83. The first kappa shape index (κ1) is 12.9. The average Bonchev–Trinajstić information content (AvgIpc) is 2.95. The predicted octanol–water partition coefficient (Wildman–Crippen LogP) is 3.19. The van der Waals surface area contributed by atoms with Crippen LogP contribution in [0.4, 0.5) is 5.69 Å². The summed E-state index contributed by atoms with van der Waals surface area (Å²) in [6.07, 6.45) is 3.58. The van der Waals surface area contributed by atoms with Gasteiger partial charge in [0.2, 0.25) is 5.82 Å². The minimum atomic E-state index is 0.198. The molecule has 0 fully saturated rings. The maximum atomic E-state index is 9.26. The number of rotatable bonds is 3. The van der Waals surface area contributed by atoms with Gasteiger partial charge in [-0.05, 0) is 48.0 Å². The standard InChI is InChI=1S/C16H13N3O2/c17-13-3-1-2-11(10-13)4-9-15-18-16(19-21-15)12-5-7-14(20)8-6-12/h1-10,20H,17H2/b9-4+. The number of nitrogen functional groups attached to an aromatic ring is 1. The van der Waals surface area contributed by atoms with E-state index in [4.69, 9.17) is 10.3 Å².